The van der Waals surface area contributed by atoms with Crippen molar-refractivity contribution in [2.75, 3.05) is 13.1 Å². The summed E-state index contributed by atoms with van der Waals surface area (Å²) in [5, 5.41) is 4.73. The quantitative estimate of drug-likeness (QED) is 0.812. The van der Waals surface area contributed by atoms with Crippen molar-refractivity contribution in [3.63, 3.8) is 0 Å². The van der Waals surface area contributed by atoms with Crippen LogP contribution in [0.2, 0.25) is 0 Å². The number of aromatic nitrogens is 4. The highest BCUT2D eigenvalue weighted by molar-refractivity contribution is 5.64. The van der Waals surface area contributed by atoms with Gasteiger partial charge in [0.15, 0.2) is 0 Å². The molecular formula is C19H31N5. The van der Waals surface area contributed by atoms with Crippen LogP contribution in [0.15, 0.2) is 12.5 Å². The first-order valence-corrected chi connectivity index (χ1v) is 9.40. The molecule has 1 fully saturated rings. The van der Waals surface area contributed by atoms with E-state index in [1.54, 1.807) is 0 Å². The number of likely N-dealkylation sites (tertiary alicyclic amines) is 1. The molecule has 0 spiro atoms. The van der Waals surface area contributed by atoms with E-state index < -0.39 is 0 Å². The van der Waals surface area contributed by atoms with Crippen LogP contribution in [0.5, 0.6) is 0 Å². The number of imidazole rings is 1. The smallest absolute Gasteiger partial charge is 0.0951 e. The van der Waals surface area contributed by atoms with E-state index in [-0.39, 0.29) is 0 Å². The minimum absolute atomic E-state index is 0.546. The van der Waals surface area contributed by atoms with Gasteiger partial charge in [-0.3, -0.25) is 9.58 Å². The molecule has 1 atom stereocenters. The van der Waals surface area contributed by atoms with Crippen LogP contribution in [0.1, 0.15) is 50.9 Å². The fourth-order valence-corrected chi connectivity index (χ4v) is 3.93. The first kappa shape index (κ1) is 17.2. The van der Waals surface area contributed by atoms with Crippen LogP contribution in [0.4, 0.5) is 0 Å². The summed E-state index contributed by atoms with van der Waals surface area (Å²) >= 11 is 0. The molecule has 132 valence electrons. The summed E-state index contributed by atoms with van der Waals surface area (Å²) in [6.45, 7) is 13.3. The van der Waals surface area contributed by atoms with Crippen LogP contribution in [-0.4, -0.2) is 43.4 Å². The van der Waals surface area contributed by atoms with Gasteiger partial charge in [0.2, 0.25) is 0 Å². The number of hydrogen-bond donors (Lipinski definition) is 0. The number of aryl methyl sites for hydroxylation is 2. The molecule has 3 heterocycles. The average Bonchev–Trinajstić information content (AvgIpc) is 3.13. The molecule has 2 aromatic heterocycles. The summed E-state index contributed by atoms with van der Waals surface area (Å²) in [6, 6.07) is 0.546. The largest absolute Gasteiger partial charge is 0.329 e. The molecule has 1 aliphatic rings. The van der Waals surface area contributed by atoms with Gasteiger partial charge < -0.3 is 4.57 Å². The van der Waals surface area contributed by atoms with E-state index in [9.17, 15) is 0 Å². The molecule has 0 aliphatic carbocycles. The Hall–Kier alpha value is -1.62. The van der Waals surface area contributed by atoms with Crippen molar-refractivity contribution in [3.05, 3.63) is 23.9 Å². The van der Waals surface area contributed by atoms with Crippen molar-refractivity contribution in [1.82, 2.24) is 24.2 Å². The summed E-state index contributed by atoms with van der Waals surface area (Å²) < 4.78 is 4.45. The number of rotatable bonds is 6. The van der Waals surface area contributed by atoms with Gasteiger partial charge in [-0.1, -0.05) is 13.3 Å². The standard InChI is InChI=1S/C19H31N5/c1-5-9-24-17(4)19(16(3)21-24)18-12-20-14-23(18)13-15(2)22-10-7-6-8-11-22/h12,14-15H,5-11,13H2,1-4H3/t15-/m1/s1. The Balaban J connectivity index is 1.83. The molecule has 0 radical (unpaired) electrons. The van der Waals surface area contributed by atoms with Crippen molar-refractivity contribution in [3.8, 4) is 11.3 Å². The van der Waals surface area contributed by atoms with Gasteiger partial charge in [0.05, 0.1) is 23.9 Å². The van der Waals surface area contributed by atoms with Crippen molar-refractivity contribution in [2.24, 2.45) is 0 Å². The van der Waals surface area contributed by atoms with Gasteiger partial charge in [-0.15, -0.1) is 0 Å². The van der Waals surface area contributed by atoms with E-state index in [1.807, 2.05) is 12.5 Å². The lowest BCUT2D eigenvalue weighted by Crippen LogP contribution is -2.39. The van der Waals surface area contributed by atoms with Crippen molar-refractivity contribution in [1.29, 1.82) is 0 Å². The summed E-state index contributed by atoms with van der Waals surface area (Å²) in [5.41, 5.74) is 4.82. The van der Waals surface area contributed by atoms with Crippen LogP contribution < -0.4 is 0 Å². The predicted octanol–water partition coefficient (Wildman–Crippen LogP) is 3.65. The second-order valence-corrected chi connectivity index (χ2v) is 7.15. The highest BCUT2D eigenvalue weighted by Crippen LogP contribution is 2.27. The van der Waals surface area contributed by atoms with E-state index in [0.29, 0.717) is 6.04 Å². The molecule has 0 saturated carbocycles. The molecule has 3 rings (SSSR count). The highest BCUT2D eigenvalue weighted by Gasteiger charge is 2.20. The van der Waals surface area contributed by atoms with Crippen molar-refractivity contribution < 1.29 is 0 Å². The minimum Gasteiger partial charge on any atom is -0.329 e. The molecule has 0 unspecified atom stereocenters. The molecule has 24 heavy (non-hydrogen) atoms. The van der Waals surface area contributed by atoms with Gasteiger partial charge in [0, 0.05) is 30.4 Å². The number of piperidine rings is 1. The maximum Gasteiger partial charge on any atom is 0.0951 e. The van der Waals surface area contributed by atoms with Crippen LogP contribution in [0.25, 0.3) is 11.3 Å². The highest BCUT2D eigenvalue weighted by atomic mass is 15.3. The van der Waals surface area contributed by atoms with Crippen LogP contribution in [-0.2, 0) is 13.1 Å². The van der Waals surface area contributed by atoms with Crippen LogP contribution >= 0.6 is 0 Å². The second-order valence-electron chi connectivity index (χ2n) is 7.15. The lowest BCUT2D eigenvalue weighted by molar-refractivity contribution is 0.160. The topological polar surface area (TPSA) is 38.9 Å². The molecule has 5 heteroatoms. The maximum absolute atomic E-state index is 4.73. The molecule has 0 bridgehead atoms. The first-order valence-electron chi connectivity index (χ1n) is 9.40. The SMILES string of the molecule is CCCn1nc(C)c(-c2cncn2C[C@@H](C)N2CCCCC2)c1C. The Morgan fingerprint density at radius 1 is 1.17 bits per heavy atom. The minimum atomic E-state index is 0.546. The Morgan fingerprint density at radius 2 is 1.92 bits per heavy atom. The number of hydrogen-bond acceptors (Lipinski definition) is 3. The van der Waals surface area contributed by atoms with Crippen LogP contribution in [0.3, 0.4) is 0 Å². The summed E-state index contributed by atoms with van der Waals surface area (Å²) in [5.74, 6) is 0. The Kier molecular flexibility index (Phi) is 5.39. The molecular weight excluding hydrogens is 298 g/mol. The maximum atomic E-state index is 4.73. The number of nitrogens with zero attached hydrogens (tertiary/aromatic N) is 5. The zero-order valence-electron chi connectivity index (χ0n) is 15.6. The summed E-state index contributed by atoms with van der Waals surface area (Å²) in [4.78, 5) is 7.06. The first-order chi connectivity index (χ1) is 11.6. The Bertz CT molecular complexity index is 663. The van der Waals surface area contributed by atoms with E-state index in [2.05, 4.69) is 46.8 Å². The molecule has 0 aromatic carbocycles. The lowest BCUT2D eigenvalue weighted by Gasteiger charge is -2.32. The second kappa shape index (κ2) is 7.51. The third-order valence-corrected chi connectivity index (χ3v) is 5.26. The summed E-state index contributed by atoms with van der Waals surface area (Å²) in [7, 11) is 0. The average molecular weight is 329 g/mol. The summed E-state index contributed by atoms with van der Waals surface area (Å²) in [6.07, 6.45) is 9.13. The van der Waals surface area contributed by atoms with E-state index in [0.717, 1.165) is 25.2 Å². The van der Waals surface area contributed by atoms with Gasteiger partial charge in [-0.2, -0.15) is 5.10 Å². The Morgan fingerprint density at radius 3 is 2.62 bits per heavy atom. The fraction of sp³-hybridized carbons (Fsp3) is 0.684. The third-order valence-electron chi connectivity index (χ3n) is 5.26. The van der Waals surface area contributed by atoms with E-state index in [1.165, 1.54) is 49.3 Å². The van der Waals surface area contributed by atoms with Crippen molar-refractivity contribution in [2.45, 2.75) is 72.5 Å². The van der Waals surface area contributed by atoms with Gasteiger partial charge in [-0.05, 0) is 53.1 Å². The fourth-order valence-electron chi connectivity index (χ4n) is 3.93. The van der Waals surface area contributed by atoms with Gasteiger partial charge in [-0.25, -0.2) is 4.98 Å². The van der Waals surface area contributed by atoms with E-state index in [4.69, 9.17) is 5.10 Å². The molecule has 1 saturated heterocycles. The lowest BCUT2D eigenvalue weighted by atomic mass is 10.1. The molecule has 5 nitrogen and oxygen atoms in total. The molecule has 2 aromatic rings. The zero-order chi connectivity index (χ0) is 17.1. The molecule has 0 amide bonds. The van der Waals surface area contributed by atoms with Gasteiger partial charge in [0.25, 0.3) is 0 Å². The van der Waals surface area contributed by atoms with Crippen LogP contribution in [0, 0.1) is 13.8 Å². The Labute approximate surface area is 145 Å². The molecule has 0 N–H and O–H groups in total. The normalized spacial score (nSPS) is 17.3. The van der Waals surface area contributed by atoms with Gasteiger partial charge in [0.1, 0.15) is 0 Å². The van der Waals surface area contributed by atoms with Crippen molar-refractivity contribution >= 4 is 0 Å². The monoisotopic (exact) mass is 329 g/mol. The zero-order valence-corrected chi connectivity index (χ0v) is 15.6. The van der Waals surface area contributed by atoms with Gasteiger partial charge >= 0.3 is 0 Å². The predicted molar refractivity (Wildman–Crippen MR) is 98.1 cm³/mol. The third kappa shape index (κ3) is 3.41. The van der Waals surface area contributed by atoms with E-state index >= 15 is 0 Å². The molecule has 1 aliphatic heterocycles.